The minimum absolute atomic E-state index is 0.0281. The second kappa shape index (κ2) is 10.6. The van der Waals surface area contributed by atoms with Crippen LogP contribution in [0.15, 0.2) is 28.7 Å². The lowest BCUT2D eigenvalue weighted by Gasteiger charge is -2.19. The number of fused-ring (bicyclic) bond motifs is 1. The van der Waals surface area contributed by atoms with Gasteiger partial charge in [-0.2, -0.15) is 26.3 Å². The van der Waals surface area contributed by atoms with Gasteiger partial charge in [-0.05, 0) is 38.1 Å². The molecule has 2 unspecified atom stereocenters. The van der Waals surface area contributed by atoms with Crippen molar-refractivity contribution in [2.75, 3.05) is 26.8 Å². The number of aromatic nitrogens is 2. The van der Waals surface area contributed by atoms with Crippen LogP contribution >= 0.6 is 0 Å². The highest BCUT2D eigenvalue weighted by Gasteiger charge is 2.54. The lowest BCUT2D eigenvalue weighted by molar-refractivity contribution is -0.189. The zero-order valence-electron chi connectivity index (χ0n) is 21.4. The van der Waals surface area contributed by atoms with Gasteiger partial charge in [-0.15, -0.1) is 0 Å². The fourth-order valence-corrected chi connectivity index (χ4v) is 4.55. The summed E-state index contributed by atoms with van der Waals surface area (Å²) >= 11 is 0. The van der Waals surface area contributed by atoms with Crippen molar-refractivity contribution in [2.24, 2.45) is 17.6 Å². The van der Waals surface area contributed by atoms with Crippen molar-refractivity contribution in [3.8, 4) is 17.2 Å². The molecule has 0 saturated carbocycles. The first kappa shape index (κ1) is 29.1. The van der Waals surface area contributed by atoms with E-state index in [1.807, 2.05) is 0 Å². The number of pyridine rings is 1. The molecule has 1 amide bonds. The average Bonchev–Trinajstić information content (AvgIpc) is 3.53. The van der Waals surface area contributed by atoms with E-state index in [0.717, 1.165) is 17.0 Å². The fraction of sp³-hybridized carbons (Fsp3) is 0.440. The van der Waals surface area contributed by atoms with Gasteiger partial charge in [-0.25, -0.2) is 9.97 Å². The maximum absolute atomic E-state index is 13.7. The number of esters is 1. The van der Waals surface area contributed by atoms with E-state index < -0.39 is 60.9 Å². The summed E-state index contributed by atoms with van der Waals surface area (Å²) in [6.07, 6.45) is -9.51. The highest BCUT2D eigenvalue weighted by molar-refractivity contribution is 5.98. The summed E-state index contributed by atoms with van der Waals surface area (Å²) in [6, 6.07) is 3.71. The van der Waals surface area contributed by atoms with E-state index in [4.69, 9.17) is 19.6 Å². The molecule has 1 aliphatic heterocycles. The molecular weight excluding hydrogens is 550 g/mol. The average molecular weight is 574 g/mol. The van der Waals surface area contributed by atoms with Gasteiger partial charge >= 0.3 is 18.3 Å². The summed E-state index contributed by atoms with van der Waals surface area (Å²) in [6.45, 7) is 1.38. The number of nitrogens with zero attached hydrogens (tertiary/aromatic N) is 3. The number of methoxy groups -OCH3 is 1. The summed E-state index contributed by atoms with van der Waals surface area (Å²) in [5, 5.41) is 0.143. The summed E-state index contributed by atoms with van der Waals surface area (Å²) in [5.74, 6) is -6.18. The molecule has 3 atom stereocenters. The number of likely N-dealkylation sites (tertiary alicyclic amines) is 1. The van der Waals surface area contributed by atoms with Gasteiger partial charge in [-0.3, -0.25) is 9.59 Å². The summed E-state index contributed by atoms with van der Waals surface area (Å²) in [7, 11) is 1.25. The molecule has 0 radical (unpaired) electrons. The second-order valence-electron chi connectivity index (χ2n) is 9.14. The van der Waals surface area contributed by atoms with E-state index in [1.165, 1.54) is 33.1 Å². The molecule has 1 aliphatic rings. The quantitative estimate of drug-likeness (QED) is 0.331. The van der Waals surface area contributed by atoms with Crippen LogP contribution in [0.4, 0.5) is 26.3 Å². The number of oxazole rings is 1. The highest BCUT2D eigenvalue weighted by atomic mass is 19.4. The number of benzene rings is 1. The van der Waals surface area contributed by atoms with Crippen molar-refractivity contribution in [3.63, 3.8) is 0 Å². The number of hydrogen-bond acceptors (Lipinski definition) is 8. The Balaban J connectivity index is 1.77. The third-order valence-corrected chi connectivity index (χ3v) is 6.45. The van der Waals surface area contributed by atoms with Crippen molar-refractivity contribution in [2.45, 2.75) is 32.2 Å². The van der Waals surface area contributed by atoms with Crippen molar-refractivity contribution < 1.29 is 49.8 Å². The molecule has 2 N–H and O–H groups in total. The van der Waals surface area contributed by atoms with E-state index in [9.17, 15) is 35.9 Å². The molecule has 15 heteroatoms. The summed E-state index contributed by atoms with van der Waals surface area (Å²) < 4.78 is 96.7. The molecule has 1 saturated heterocycles. The number of hydrogen-bond donors (Lipinski definition) is 1. The summed E-state index contributed by atoms with van der Waals surface area (Å²) in [4.78, 5) is 34.3. The van der Waals surface area contributed by atoms with Crippen LogP contribution in [0.3, 0.4) is 0 Å². The minimum Gasteiger partial charge on any atom is -0.494 e. The Labute approximate surface area is 223 Å². The predicted molar refractivity (Wildman–Crippen MR) is 127 cm³/mol. The molecule has 40 heavy (non-hydrogen) atoms. The maximum Gasteiger partial charge on any atom is 0.433 e. The Morgan fingerprint density at radius 2 is 1.82 bits per heavy atom. The van der Waals surface area contributed by atoms with Gasteiger partial charge in [-0.1, -0.05) is 0 Å². The Morgan fingerprint density at radius 3 is 2.40 bits per heavy atom. The van der Waals surface area contributed by atoms with Crippen LogP contribution in [0, 0.1) is 11.8 Å². The molecule has 0 bridgehead atoms. The zero-order chi connectivity index (χ0) is 29.6. The molecule has 4 rings (SSSR count). The lowest BCUT2D eigenvalue weighted by atomic mass is 9.96. The molecule has 1 aromatic carbocycles. The third-order valence-electron chi connectivity index (χ3n) is 6.45. The topological polar surface area (TPSA) is 121 Å². The number of amides is 1. The first-order valence-electron chi connectivity index (χ1n) is 12.0. The molecule has 9 nitrogen and oxygen atoms in total. The van der Waals surface area contributed by atoms with Crippen LogP contribution in [0.25, 0.3) is 22.4 Å². The number of nitrogens with two attached hydrogens (primary N) is 1. The maximum atomic E-state index is 13.7. The van der Waals surface area contributed by atoms with E-state index in [2.05, 4.69) is 9.97 Å². The van der Waals surface area contributed by atoms with E-state index >= 15 is 0 Å². The molecule has 3 aromatic rings. The Morgan fingerprint density at radius 1 is 1.12 bits per heavy atom. The molecule has 1 fully saturated rings. The van der Waals surface area contributed by atoms with Crippen LogP contribution in [0.1, 0.15) is 41.8 Å². The van der Waals surface area contributed by atoms with Gasteiger partial charge in [0, 0.05) is 24.0 Å². The molecule has 216 valence electrons. The first-order valence-corrected chi connectivity index (χ1v) is 12.0. The second-order valence-corrected chi connectivity index (χ2v) is 9.14. The van der Waals surface area contributed by atoms with Gasteiger partial charge in [0.05, 0.1) is 31.6 Å². The number of alkyl halides is 6. The SMILES string of the molecule is CCOC(=O)C1CN(C(=O)c2nc(-c3ccc(OC)c4nc(C(F)(F)F)ccc34)oc2[C@H](C)N)CC1C(F)(F)F. The predicted octanol–water partition coefficient (Wildman–Crippen LogP) is 4.75. The Kier molecular flexibility index (Phi) is 7.71. The molecule has 0 aliphatic carbocycles. The van der Waals surface area contributed by atoms with Crippen molar-refractivity contribution in [3.05, 3.63) is 41.4 Å². The zero-order valence-corrected chi connectivity index (χ0v) is 21.4. The van der Waals surface area contributed by atoms with Crippen LogP contribution in [0.2, 0.25) is 0 Å². The molecular formula is C25H24F6N4O5. The van der Waals surface area contributed by atoms with E-state index in [0.29, 0.717) is 0 Å². The van der Waals surface area contributed by atoms with Gasteiger partial charge in [0.2, 0.25) is 5.89 Å². The van der Waals surface area contributed by atoms with Gasteiger partial charge in [0.25, 0.3) is 5.91 Å². The fourth-order valence-electron chi connectivity index (χ4n) is 4.55. The van der Waals surface area contributed by atoms with E-state index in [-0.39, 0.29) is 46.2 Å². The van der Waals surface area contributed by atoms with Crippen molar-refractivity contribution in [1.29, 1.82) is 0 Å². The number of halogens is 6. The van der Waals surface area contributed by atoms with Crippen LogP contribution in [0.5, 0.6) is 5.75 Å². The van der Waals surface area contributed by atoms with Crippen LogP contribution < -0.4 is 10.5 Å². The monoisotopic (exact) mass is 574 g/mol. The van der Waals surface area contributed by atoms with Gasteiger partial charge in [0.1, 0.15) is 17.0 Å². The molecule has 0 spiro atoms. The first-order chi connectivity index (χ1) is 18.7. The van der Waals surface area contributed by atoms with Crippen molar-refractivity contribution in [1.82, 2.24) is 14.9 Å². The number of carbonyl (C=O) groups excluding carboxylic acids is 2. The number of rotatable bonds is 6. The third kappa shape index (κ3) is 5.42. The molecule has 2 aromatic heterocycles. The van der Waals surface area contributed by atoms with E-state index in [1.54, 1.807) is 0 Å². The van der Waals surface area contributed by atoms with Gasteiger partial charge in [0.15, 0.2) is 11.5 Å². The number of carbonyl (C=O) groups is 2. The smallest absolute Gasteiger partial charge is 0.433 e. The van der Waals surface area contributed by atoms with Crippen LogP contribution in [-0.2, 0) is 15.7 Å². The van der Waals surface area contributed by atoms with Crippen LogP contribution in [-0.4, -0.2) is 59.7 Å². The normalized spacial score (nSPS) is 18.7. The Hall–Kier alpha value is -3.88. The lowest BCUT2D eigenvalue weighted by Crippen LogP contribution is -2.35. The molecule has 3 heterocycles. The Bertz CT molecular complexity index is 1440. The summed E-state index contributed by atoms with van der Waals surface area (Å²) in [5.41, 5.74) is 4.38. The standard InChI is InChI=1S/C25H24F6N4O5/c1-4-39-23(37)14-9-35(10-15(14)24(26,27)28)22(36)19-20(11(2)32)40-21(34-19)13-5-7-16(38-3)18-12(13)6-8-17(33-18)25(29,30)31/h5-8,11,14-15H,4,9-10,32H2,1-3H3/t11-,14?,15?/m0/s1. The highest BCUT2D eigenvalue weighted by Crippen LogP contribution is 2.40. The van der Waals surface area contributed by atoms with Crippen molar-refractivity contribution >= 4 is 22.8 Å². The minimum atomic E-state index is -4.78. The van der Waals surface area contributed by atoms with Gasteiger partial charge < -0.3 is 24.5 Å². The number of ether oxygens (including phenoxy) is 2. The largest absolute Gasteiger partial charge is 0.494 e.